The van der Waals surface area contributed by atoms with Crippen molar-refractivity contribution in [2.75, 3.05) is 0 Å². The lowest BCUT2D eigenvalue weighted by atomic mass is 9.53. The fourth-order valence-corrected chi connectivity index (χ4v) is 3.56. The number of ether oxygens (including phenoxy) is 1. The molecule has 0 atom stereocenters. The lowest BCUT2D eigenvalue weighted by molar-refractivity contribution is -0.140. The van der Waals surface area contributed by atoms with Crippen molar-refractivity contribution in [3.8, 4) is 11.8 Å². The van der Waals surface area contributed by atoms with E-state index in [1.807, 2.05) is 27.7 Å². The molecule has 0 bridgehead atoms. The Bertz CT molecular complexity index is 586. The van der Waals surface area contributed by atoms with Crippen molar-refractivity contribution in [2.24, 2.45) is 10.8 Å². The van der Waals surface area contributed by atoms with Gasteiger partial charge >= 0.3 is 6.18 Å². The summed E-state index contributed by atoms with van der Waals surface area (Å²) in [5.41, 5.74) is -1.90. The molecule has 1 fully saturated rings. The van der Waals surface area contributed by atoms with Gasteiger partial charge in [0.15, 0.2) is 5.69 Å². The van der Waals surface area contributed by atoms with E-state index in [1.54, 1.807) is 0 Å². The number of aromatic nitrogens is 1. The highest BCUT2D eigenvalue weighted by Crippen LogP contribution is 2.55. The maximum atomic E-state index is 12.9. The molecule has 0 aromatic carbocycles. The molecule has 1 aromatic rings. The standard InChI is InChI=1S/C15H17F3N2O/c1-13(2)8-14(3,4)12(13)21-9-5-10(15(16,17)18)11(6-19)20-7-9/h5,7,12H,8H2,1-4H3. The van der Waals surface area contributed by atoms with E-state index in [0.717, 1.165) is 12.5 Å². The SMILES string of the molecule is CC1(C)CC(C)(C)C1Oc1cnc(C#N)c(C(F)(F)F)c1. The van der Waals surface area contributed by atoms with Crippen LogP contribution in [0, 0.1) is 22.2 Å². The van der Waals surface area contributed by atoms with Gasteiger partial charge in [0.05, 0.1) is 11.8 Å². The Morgan fingerprint density at radius 1 is 1.29 bits per heavy atom. The first-order chi connectivity index (χ1) is 9.47. The Labute approximate surface area is 121 Å². The number of pyridine rings is 1. The lowest BCUT2D eigenvalue weighted by Crippen LogP contribution is -2.58. The molecule has 0 spiro atoms. The molecule has 1 saturated carbocycles. The molecule has 0 amide bonds. The fourth-order valence-electron chi connectivity index (χ4n) is 3.56. The maximum Gasteiger partial charge on any atom is 0.419 e. The number of halogens is 3. The molecule has 2 rings (SSSR count). The van der Waals surface area contributed by atoms with Crippen LogP contribution in [-0.2, 0) is 6.18 Å². The second-order valence-corrected chi connectivity index (χ2v) is 6.83. The summed E-state index contributed by atoms with van der Waals surface area (Å²) < 4.78 is 44.5. The van der Waals surface area contributed by atoms with E-state index in [-0.39, 0.29) is 22.7 Å². The molecule has 0 N–H and O–H groups in total. The van der Waals surface area contributed by atoms with Crippen molar-refractivity contribution in [1.29, 1.82) is 5.26 Å². The molecule has 1 aliphatic carbocycles. The van der Waals surface area contributed by atoms with E-state index in [0.29, 0.717) is 0 Å². The van der Waals surface area contributed by atoms with Gasteiger partial charge in [-0.15, -0.1) is 0 Å². The van der Waals surface area contributed by atoms with Crippen LogP contribution in [0.3, 0.4) is 0 Å². The summed E-state index contributed by atoms with van der Waals surface area (Å²) in [5, 5.41) is 8.72. The fraction of sp³-hybridized carbons (Fsp3) is 0.600. The van der Waals surface area contributed by atoms with Crippen LogP contribution in [-0.4, -0.2) is 11.1 Å². The van der Waals surface area contributed by atoms with Gasteiger partial charge < -0.3 is 4.74 Å². The van der Waals surface area contributed by atoms with Crippen molar-refractivity contribution in [3.05, 3.63) is 23.5 Å². The number of nitriles is 1. The van der Waals surface area contributed by atoms with E-state index in [2.05, 4.69) is 4.98 Å². The number of rotatable bonds is 2. The number of nitrogens with zero attached hydrogens (tertiary/aromatic N) is 2. The summed E-state index contributed by atoms with van der Waals surface area (Å²) in [6, 6.07) is 2.31. The molecule has 0 radical (unpaired) electrons. The Morgan fingerprint density at radius 3 is 2.29 bits per heavy atom. The molecule has 1 aliphatic rings. The van der Waals surface area contributed by atoms with Gasteiger partial charge in [0.25, 0.3) is 0 Å². The van der Waals surface area contributed by atoms with Crippen molar-refractivity contribution < 1.29 is 17.9 Å². The van der Waals surface area contributed by atoms with Crippen LogP contribution in [0.4, 0.5) is 13.2 Å². The molecule has 21 heavy (non-hydrogen) atoms. The summed E-state index contributed by atoms with van der Waals surface area (Å²) in [6.07, 6.45) is -2.71. The van der Waals surface area contributed by atoms with Crippen LogP contribution in [0.2, 0.25) is 0 Å². The highest BCUT2D eigenvalue weighted by atomic mass is 19.4. The minimum absolute atomic E-state index is 0.0483. The first-order valence-corrected chi connectivity index (χ1v) is 6.61. The second kappa shape index (κ2) is 4.62. The smallest absolute Gasteiger partial charge is 0.419 e. The lowest BCUT2D eigenvalue weighted by Gasteiger charge is -2.56. The maximum absolute atomic E-state index is 12.9. The van der Waals surface area contributed by atoms with Gasteiger partial charge in [-0.05, 0) is 12.5 Å². The Morgan fingerprint density at radius 2 is 1.86 bits per heavy atom. The zero-order chi connectivity index (χ0) is 16.1. The van der Waals surface area contributed by atoms with Crippen LogP contribution in [0.25, 0.3) is 0 Å². The molecular weight excluding hydrogens is 281 g/mol. The van der Waals surface area contributed by atoms with Crippen molar-refractivity contribution >= 4 is 0 Å². The van der Waals surface area contributed by atoms with Gasteiger partial charge in [-0.25, -0.2) is 4.98 Å². The van der Waals surface area contributed by atoms with Crippen LogP contribution in [0.15, 0.2) is 12.3 Å². The molecule has 0 unspecified atom stereocenters. The monoisotopic (exact) mass is 298 g/mol. The largest absolute Gasteiger partial charge is 0.488 e. The van der Waals surface area contributed by atoms with Crippen LogP contribution >= 0.6 is 0 Å². The molecule has 1 aromatic heterocycles. The van der Waals surface area contributed by atoms with Crippen LogP contribution < -0.4 is 4.74 Å². The predicted octanol–water partition coefficient (Wildman–Crippen LogP) is 4.18. The Balaban J connectivity index is 2.33. The van der Waals surface area contributed by atoms with E-state index < -0.39 is 17.4 Å². The van der Waals surface area contributed by atoms with Crippen molar-refractivity contribution in [1.82, 2.24) is 4.98 Å². The predicted molar refractivity (Wildman–Crippen MR) is 70.5 cm³/mol. The summed E-state index contributed by atoms with van der Waals surface area (Å²) in [7, 11) is 0. The summed E-state index contributed by atoms with van der Waals surface area (Å²) in [4.78, 5) is 3.56. The van der Waals surface area contributed by atoms with Crippen molar-refractivity contribution in [3.63, 3.8) is 0 Å². The number of hydrogen-bond acceptors (Lipinski definition) is 3. The van der Waals surface area contributed by atoms with Gasteiger partial charge in [0.1, 0.15) is 17.9 Å². The Hall–Kier alpha value is -1.77. The van der Waals surface area contributed by atoms with Gasteiger partial charge in [0.2, 0.25) is 0 Å². The number of alkyl halides is 3. The highest BCUT2D eigenvalue weighted by Gasteiger charge is 2.55. The Kier molecular flexibility index (Phi) is 3.43. The average Bonchev–Trinajstić information content (AvgIpc) is 2.33. The van der Waals surface area contributed by atoms with Crippen molar-refractivity contribution in [2.45, 2.75) is 46.4 Å². The number of hydrogen-bond donors (Lipinski definition) is 0. The van der Waals surface area contributed by atoms with E-state index >= 15 is 0 Å². The van der Waals surface area contributed by atoms with E-state index in [1.165, 1.54) is 12.3 Å². The van der Waals surface area contributed by atoms with Gasteiger partial charge in [-0.3, -0.25) is 0 Å². The third-order valence-corrected chi connectivity index (χ3v) is 3.86. The second-order valence-electron chi connectivity index (χ2n) is 6.83. The molecule has 0 aliphatic heterocycles. The molecule has 3 nitrogen and oxygen atoms in total. The molecule has 1 heterocycles. The van der Waals surface area contributed by atoms with Crippen LogP contribution in [0.5, 0.6) is 5.75 Å². The minimum atomic E-state index is -4.62. The summed E-state index contributed by atoms with van der Waals surface area (Å²) >= 11 is 0. The topological polar surface area (TPSA) is 45.9 Å². The molecular formula is C15H17F3N2O. The highest BCUT2D eigenvalue weighted by molar-refractivity contribution is 5.38. The third-order valence-electron chi connectivity index (χ3n) is 3.86. The summed E-state index contributed by atoms with van der Waals surface area (Å²) in [6.45, 7) is 8.07. The van der Waals surface area contributed by atoms with Crippen LogP contribution in [0.1, 0.15) is 45.4 Å². The normalized spacial score (nSPS) is 20.5. The zero-order valence-corrected chi connectivity index (χ0v) is 12.4. The molecule has 6 heteroatoms. The summed E-state index contributed by atoms with van der Waals surface area (Å²) in [5.74, 6) is 0.0483. The first-order valence-electron chi connectivity index (χ1n) is 6.61. The molecule has 0 saturated heterocycles. The van der Waals surface area contributed by atoms with Gasteiger partial charge in [-0.2, -0.15) is 18.4 Å². The van der Waals surface area contributed by atoms with E-state index in [4.69, 9.17) is 10.00 Å². The zero-order valence-electron chi connectivity index (χ0n) is 12.4. The quantitative estimate of drug-likeness (QED) is 0.823. The minimum Gasteiger partial charge on any atom is -0.488 e. The average molecular weight is 298 g/mol. The van der Waals surface area contributed by atoms with Gasteiger partial charge in [0, 0.05) is 10.8 Å². The third kappa shape index (κ3) is 2.82. The molecule has 114 valence electrons. The van der Waals surface area contributed by atoms with E-state index in [9.17, 15) is 13.2 Å². The van der Waals surface area contributed by atoms with Gasteiger partial charge in [-0.1, -0.05) is 27.7 Å². The first kappa shape index (κ1) is 15.6.